The minimum atomic E-state index is -0.420. The minimum absolute atomic E-state index is 0.113. The summed E-state index contributed by atoms with van der Waals surface area (Å²) in [5.41, 5.74) is 2.01. The van der Waals surface area contributed by atoms with E-state index in [4.69, 9.17) is 0 Å². The Labute approximate surface area is 64.5 Å². The lowest BCUT2D eigenvalue weighted by Gasteiger charge is -2.10. The maximum absolute atomic E-state index is 10.8. The van der Waals surface area contributed by atoms with Crippen LogP contribution in [0.2, 0.25) is 0 Å². The lowest BCUT2D eigenvalue weighted by Crippen LogP contribution is -2.39. The number of Topliss-reactive ketones (excluding diaryl/α,β-unsaturated/α-hetero) is 1. The fourth-order valence-electron chi connectivity index (χ4n) is 0.806. The third-order valence-corrected chi connectivity index (χ3v) is 3.01. The molecule has 0 aromatic heterocycles. The van der Waals surface area contributed by atoms with Crippen molar-refractivity contribution in [1.29, 1.82) is 0 Å². The zero-order valence-electron chi connectivity index (χ0n) is 6.68. The van der Waals surface area contributed by atoms with Crippen LogP contribution in [-0.2, 0) is 4.79 Å². The Hall–Kier alpha value is -0.413. The maximum atomic E-state index is 10.8. The van der Waals surface area contributed by atoms with Crippen LogP contribution in [0.5, 0.6) is 0 Å². The number of likely N-dealkylation sites (N-methyl/N-ethyl adjacent to an activating group) is 1. The van der Waals surface area contributed by atoms with Crippen LogP contribution in [0.4, 0.5) is 0 Å². The zero-order valence-corrected chi connectivity index (χ0v) is 8.10. The Morgan fingerprint density at radius 3 is 2.80 bits per heavy atom. The molecule has 0 saturated heterocycles. The molecule has 0 aliphatic heterocycles. The van der Waals surface area contributed by atoms with Crippen molar-refractivity contribution >= 4 is 15.3 Å². The number of ketones is 1. The average Bonchev–Trinajstić information content (AvgIpc) is 1.87. The Kier molecular flexibility index (Phi) is 5.16. The van der Waals surface area contributed by atoms with Crippen LogP contribution < -0.4 is 5.32 Å². The van der Waals surface area contributed by atoms with Crippen molar-refractivity contribution in [3.63, 3.8) is 0 Å². The van der Waals surface area contributed by atoms with Crippen molar-refractivity contribution < 1.29 is 4.79 Å². The number of carbonyl (C=O) groups is 1. The van der Waals surface area contributed by atoms with Gasteiger partial charge in [0.1, 0.15) is 5.78 Å². The Morgan fingerprint density at radius 2 is 2.50 bits per heavy atom. The van der Waals surface area contributed by atoms with Crippen LogP contribution in [0.15, 0.2) is 12.3 Å². The molecule has 0 saturated carbocycles. The van der Waals surface area contributed by atoms with E-state index in [1.807, 2.05) is 12.6 Å². The predicted molar refractivity (Wildman–Crippen MR) is 46.9 cm³/mol. The third kappa shape index (κ3) is 3.58. The van der Waals surface area contributed by atoms with E-state index in [2.05, 4.69) is 11.9 Å². The van der Waals surface area contributed by atoms with Crippen LogP contribution in [0.3, 0.4) is 0 Å². The van der Waals surface area contributed by atoms with Crippen molar-refractivity contribution in [1.82, 2.24) is 5.32 Å². The molecule has 58 valence electrons. The van der Waals surface area contributed by atoms with Crippen LogP contribution in [0.25, 0.3) is 0 Å². The zero-order chi connectivity index (χ0) is 7.98. The summed E-state index contributed by atoms with van der Waals surface area (Å²) in [5.74, 6) is 0.244. The summed E-state index contributed by atoms with van der Waals surface area (Å²) < 4.78 is 0. The molecule has 0 amide bonds. The van der Waals surface area contributed by atoms with E-state index in [0.717, 1.165) is 6.54 Å². The smallest absolute Gasteiger partial charge is 0.143 e. The molecule has 0 rings (SSSR count). The van der Waals surface area contributed by atoms with Gasteiger partial charge in [0, 0.05) is 0 Å². The summed E-state index contributed by atoms with van der Waals surface area (Å²) in [4.78, 5) is 10.8. The molecule has 0 bridgehead atoms. The molecule has 0 heterocycles. The Balaban J connectivity index is 3.71. The summed E-state index contributed by atoms with van der Waals surface area (Å²) in [6, 6.07) is 0. The molecule has 3 heteroatoms. The topological polar surface area (TPSA) is 29.1 Å². The molecule has 0 aliphatic rings. The highest BCUT2D eigenvalue weighted by Crippen LogP contribution is 1.83. The SMILES string of the molecule is C=C[SiH2]C(NCC)C(C)=O. The number of carbonyl (C=O) groups excluding carboxylic acids is 1. The quantitative estimate of drug-likeness (QED) is 0.561. The molecule has 0 radical (unpaired) electrons. The van der Waals surface area contributed by atoms with Gasteiger partial charge in [0.15, 0.2) is 0 Å². The van der Waals surface area contributed by atoms with E-state index in [1.165, 1.54) is 0 Å². The van der Waals surface area contributed by atoms with Gasteiger partial charge in [0.05, 0.1) is 15.2 Å². The number of hydrogen-bond acceptors (Lipinski definition) is 2. The van der Waals surface area contributed by atoms with Gasteiger partial charge >= 0.3 is 0 Å². The molecular formula is C7H15NOSi. The summed E-state index contributed by atoms with van der Waals surface area (Å²) >= 11 is 0. The first-order chi connectivity index (χ1) is 4.72. The van der Waals surface area contributed by atoms with Gasteiger partial charge in [-0.05, 0) is 13.5 Å². The first-order valence-electron chi connectivity index (χ1n) is 3.57. The minimum Gasteiger partial charge on any atom is -0.311 e. The Morgan fingerprint density at radius 1 is 1.90 bits per heavy atom. The number of hydrogen-bond donors (Lipinski definition) is 1. The first kappa shape index (κ1) is 9.59. The van der Waals surface area contributed by atoms with Gasteiger partial charge in [-0.3, -0.25) is 4.79 Å². The van der Waals surface area contributed by atoms with E-state index < -0.39 is 9.52 Å². The number of rotatable bonds is 5. The van der Waals surface area contributed by atoms with Crippen molar-refractivity contribution in [3.8, 4) is 0 Å². The van der Waals surface area contributed by atoms with E-state index in [1.54, 1.807) is 6.92 Å². The van der Waals surface area contributed by atoms with Crippen LogP contribution in [0, 0.1) is 0 Å². The number of nitrogens with one attached hydrogen (secondary N) is 1. The predicted octanol–water partition coefficient (Wildman–Crippen LogP) is -0.177. The van der Waals surface area contributed by atoms with Gasteiger partial charge in [-0.1, -0.05) is 6.92 Å². The molecule has 0 aromatic rings. The second kappa shape index (κ2) is 5.38. The fraction of sp³-hybridized carbons (Fsp3) is 0.571. The molecule has 10 heavy (non-hydrogen) atoms. The molecular weight excluding hydrogens is 142 g/mol. The van der Waals surface area contributed by atoms with Gasteiger partial charge in [-0.25, -0.2) is 0 Å². The summed E-state index contributed by atoms with van der Waals surface area (Å²) in [5, 5.41) is 3.12. The van der Waals surface area contributed by atoms with E-state index in [0.29, 0.717) is 0 Å². The molecule has 0 fully saturated rings. The standard InChI is InChI=1S/C7H15NOSi/c1-4-8-7(6(3)9)10-5-2/h5,7-8H,2,4,10H2,1,3H3. The van der Waals surface area contributed by atoms with E-state index >= 15 is 0 Å². The molecule has 1 unspecified atom stereocenters. The van der Waals surface area contributed by atoms with Crippen molar-refractivity contribution in [2.45, 2.75) is 19.5 Å². The second-order valence-electron chi connectivity index (χ2n) is 2.25. The average molecular weight is 157 g/mol. The second-order valence-corrected chi connectivity index (χ2v) is 4.11. The van der Waals surface area contributed by atoms with Gasteiger partial charge in [-0.2, -0.15) is 0 Å². The van der Waals surface area contributed by atoms with Crippen molar-refractivity contribution in [3.05, 3.63) is 12.3 Å². The van der Waals surface area contributed by atoms with Crippen LogP contribution in [-0.4, -0.2) is 27.5 Å². The fourth-order valence-corrected chi connectivity index (χ4v) is 1.93. The molecule has 0 aromatic carbocycles. The highest BCUT2D eigenvalue weighted by Gasteiger charge is 2.09. The highest BCUT2D eigenvalue weighted by molar-refractivity contribution is 6.49. The first-order valence-corrected chi connectivity index (χ1v) is 5.20. The summed E-state index contributed by atoms with van der Waals surface area (Å²) in [7, 11) is -0.420. The highest BCUT2D eigenvalue weighted by atomic mass is 28.2. The molecule has 2 nitrogen and oxygen atoms in total. The van der Waals surface area contributed by atoms with Gasteiger partial charge < -0.3 is 5.32 Å². The summed E-state index contributed by atoms with van der Waals surface area (Å²) in [6.07, 6.45) is 0. The lowest BCUT2D eigenvalue weighted by atomic mass is 10.4. The van der Waals surface area contributed by atoms with Crippen molar-refractivity contribution in [2.75, 3.05) is 6.54 Å². The molecule has 0 spiro atoms. The summed E-state index contributed by atoms with van der Waals surface area (Å²) in [6.45, 7) is 8.14. The van der Waals surface area contributed by atoms with Gasteiger partial charge in [0.2, 0.25) is 0 Å². The largest absolute Gasteiger partial charge is 0.311 e. The van der Waals surface area contributed by atoms with Crippen LogP contribution in [0.1, 0.15) is 13.8 Å². The van der Waals surface area contributed by atoms with Gasteiger partial charge in [-0.15, -0.1) is 12.3 Å². The molecule has 1 N–H and O–H groups in total. The lowest BCUT2D eigenvalue weighted by molar-refractivity contribution is -0.117. The molecule has 1 atom stereocenters. The van der Waals surface area contributed by atoms with Crippen molar-refractivity contribution in [2.24, 2.45) is 0 Å². The normalized spacial score (nSPS) is 13.8. The third-order valence-electron chi connectivity index (χ3n) is 1.34. The van der Waals surface area contributed by atoms with E-state index in [-0.39, 0.29) is 11.4 Å². The monoisotopic (exact) mass is 157 g/mol. The van der Waals surface area contributed by atoms with Gasteiger partial charge in [0.25, 0.3) is 0 Å². The van der Waals surface area contributed by atoms with E-state index in [9.17, 15) is 4.79 Å². The maximum Gasteiger partial charge on any atom is 0.143 e. The molecule has 0 aliphatic carbocycles. The van der Waals surface area contributed by atoms with Crippen LogP contribution >= 0.6 is 0 Å². The Bertz CT molecular complexity index is 125.